The summed E-state index contributed by atoms with van der Waals surface area (Å²) in [6.07, 6.45) is 9.58. The topological polar surface area (TPSA) is 66.5 Å². The molecule has 5 nitrogen and oxygen atoms in total. The van der Waals surface area contributed by atoms with Crippen LogP contribution >= 0.6 is 0 Å². The fourth-order valence-electron chi connectivity index (χ4n) is 4.51. The van der Waals surface area contributed by atoms with Gasteiger partial charge in [0.15, 0.2) is 0 Å². The Morgan fingerprint density at radius 1 is 0.964 bits per heavy atom. The molecule has 0 radical (unpaired) electrons. The molecule has 3 rings (SSSR count). The predicted octanol–water partition coefficient (Wildman–Crippen LogP) is 3.93. The molecular weight excluding hydrogens is 372 g/mol. The lowest BCUT2D eigenvalue weighted by Crippen LogP contribution is -2.45. The molecule has 2 fully saturated rings. The standard InChI is InChI=1S/C22H34N2O3S/c1-17-10-11-21(18(2)16-17)28(26,27)24-14-12-19(13-15-24)22(25)23-20-8-6-4-3-5-7-9-20/h10-11,16,19-20H,3-9,12-15H2,1-2H3,(H,23,25). The van der Waals surface area contributed by atoms with Crippen LogP contribution in [0.2, 0.25) is 0 Å². The molecule has 1 heterocycles. The third-order valence-electron chi connectivity index (χ3n) is 6.22. The first-order valence-electron chi connectivity index (χ1n) is 10.8. The largest absolute Gasteiger partial charge is 0.353 e. The van der Waals surface area contributed by atoms with Crippen LogP contribution in [0.3, 0.4) is 0 Å². The summed E-state index contributed by atoms with van der Waals surface area (Å²) in [6, 6.07) is 5.75. The number of hydrogen-bond donors (Lipinski definition) is 1. The van der Waals surface area contributed by atoms with Crippen molar-refractivity contribution < 1.29 is 13.2 Å². The Morgan fingerprint density at radius 3 is 2.18 bits per heavy atom. The number of rotatable bonds is 4. The number of nitrogens with one attached hydrogen (secondary N) is 1. The van der Waals surface area contributed by atoms with Gasteiger partial charge in [-0.1, -0.05) is 49.8 Å². The zero-order chi connectivity index (χ0) is 20.1. The zero-order valence-electron chi connectivity index (χ0n) is 17.2. The SMILES string of the molecule is Cc1ccc(S(=O)(=O)N2CCC(C(=O)NC3CCCCCCC3)CC2)c(C)c1. The highest BCUT2D eigenvalue weighted by Crippen LogP contribution is 2.27. The molecule has 6 heteroatoms. The molecule has 0 bridgehead atoms. The molecule has 1 amide bonds. The van der Waals surface area contributed by atoms with Crippen molar-refractivity contribution >= 4 is 15.9 Å². The van der Waals surface area contributed by atoms with Crippen LogP contribution in [0.25, 0.3) is 0 Å². The minimum atomic E-state index is -3.49. The molecule has 156 valence electrons. The van der Waals surface area contributed by atoms with Crippen LogP contribution in [-0.2, 0) is 14.8 Å². The lowest BCUT2D eigenvalue weighted by atomic mass is 9.94. The Kier molecular flexibility index (Phi) is 7.15. The van der Waals surface area contributed by atoms with Crippen molar-refractivity contribution in [2.24, 2.45) is 5.92 Å². The second-order valence-electron chi connectivity index (χ2n) is 8.50. The lowest BCUT2D eigenvalue weighted by Gasteiger charge is -2.32. The van der Waals surface area contributed by atoms with Crippen molar-refractivity contribution in [3.63, 3.8) is 0 Å². The second kappa shape index (κ2) is 9.40. The fraction of sp³-hybridized carbons (Fsp3) is 0.682. The first-order chi connectivity index (χ1) is 13.4. The van der Waals surface area contributed by atoms with Crippen LogP contribution in [0.1, 0.15) is 68.9 Å². The molecule has 0 spiro atoms. The van der Waals surface area contributed by atoms with Crippen molar-refractivity contribution in [2.45, 2.75) is 82.6 Å². The van der Waals surface area contributed by atoms with Gasteiger partial charge in [0, 0.05) is 25.0 Å². The quantitative estimate of drug-likeness (QED) is 0.824. The summed E-state index contributed by atoms with van der Waals surface area (Å²) in [5, 5.41) is 3.25. The maximum absolute atomic E-state index is 13.0. The Bertz CT molecular complexity index is 775. The Labute approximate surface area is 169 Å². The Hall–Kier alpha value is -1.40. The molecule has 1 aliphatic heterocycles. The van der Waals surface area contributed by atoms with Gasteiger partial charge in [-0.15, -0.1) is 0 Å². The first-order valence-corrected chi connectivity index (χ1v) is 12.2. The van der Waals surface area contributed by atoms with Gasteiger partial charge in [0.05, 0.1) is 4.90 Å². The van der Waals surface area contributed by atoms with Gasteiger partial charge in [-0.2, -0.15) is 4.31 Å². The molecule has 0 aromatic heterocycles. The number of nitrogens with zero attached hydrogens (tertiary/aromatic N) is 1. The number of sulfonamides is 1. The third kappa shape index (κ3) is 5.15. The second-order valence-corrected chi connectivity index (χ2v) is 10.4. The van der Waals surface area contributed by atoms with Crippen molar-refractivity contribution in [1.29, 1.82) is 0 Å². The van der Waals surface area contributed by atoms with E-state index >= 15 is 0 Å². The van der Waals surface area contributed by atoms with E-state index in [1.165, 1.54) is 32.1 Å². The van der Waals surface area contributed by atoms with Gasteiger partial charge in [-0.3, -0.25) is 4.79 Å². The summed E-state index contributed by atoms with van der Waals surface area (Å²) < 4.78 is 27.6. The average molecular weight is 407 g/mol. The number of carbonyl (C=O) groups excluding carboxylic acids is 1. The van der Waals surface area contributed by atoms with Gasteiger partial charge in [0.25, 0.3) is 0 Å². The first kappa shape index (κ1) is 21.3. The molecule has 1 aromatic carbocycles. The van der Waals surface area contributed by atoms with E-state index in [2.05, 4.69) is 5.32 Å². The highest BCUT2D eigenvalue weighted by Gasteiger charge is 2.33. The molecule has 1 saturated carbocycles. The molecule has 1 N–H and O–H groups in total. The van der Waals surface area contributed by atoms with Crippen LogP contribution in [0, 0.1) is 19.8 Å². The molecule has 0 unspecified atom stereocenters. The van der Waals surface area contributed by atoms with E-state index in [0.29, 0.717) is 36.9 Å². The van der Waals surface area contributed by atoms with Crippen LogP contribution in [-0.4, -0.2) is 37.8 Å². The van der Waals surface area contributed by atoms with Crippen LogP contribution in [0.15, 0.2) is 23.1 Å². The summed E-state index contributed by atoms with van der Waals surface area (Å²) >= 11 is 0. The predicted molar refractivity (Wildman–Crippen MR) is 112 cm³/mol. The molecule has 28 heavy (non-hydrogen) atoms. The van der Waals surface area contributed by atoms with Crippen LogP contribution < -0.4 is 5.32 Å². The molecule has 2 aliphatic rings. The van der Waals surface area contributed by atoms with E-state index in [9.17, 15) is 13.2 Å². The number of hydrogen-bond acceptors (Lipinski definition) is 3. The lowest BCUT2D eigenvalue weighted by molar-refractivity contribution is -0.127. The fourth-order valence-corrected chi connectivity index (χ4v) is 6.18. The number of amides is 1. The van der Waals surface area contributed by atoms with Gasteiger partial charge >= 0.3 is 0 Å². The summed E-state index contributed by atoms with van der Waals surface area (Å²) in [4.78, 5) is 13.1. The van der Waals surface area contributed by atoms with Crippen molar-refractivity contribution in [3.05, 3.63) is 29.3 Å². The van der Waals surface area contributed by atoms with E-state index < -0.39 is 10.0 Å². The Balaban J connectivity index is 1.56. The number of piperidine rings is 1. The molecular formula is C22H34N2O3S. The molecule has 1 aliphatic carbocycles. The highest BCUT2D eigenvalue weighted by atomic mass is 32.2. The maximum Gasteiger partial charge on any atom is 0.243 e. The Morgan fingerprint density at radius 2 is 1.57 bits per heavy atom. The van der Waals surface area contributed by atoms with Gasteiger partial charge in [0.2, 0.25) is 15.9 Å². The van der Waals surface area contributed by atoms with E-state index in [-0.39, 0.29) is 11.8 Å². The average Bonchev–Trinajstić information content (AvgIpc) is 2.63. The third-order valence-corrected chi connectivity index (χ3v) is 8.28. The number of benzene rings is 1. The van der Waals surface area contributed by atoms with Crippen LogP contribution in [0.4, 0.5) is 0 Å². The van der Waals surface area contributed by atoms with Crippen molar-refractivity contribution in [3.8, 4) is 0 Å². The molecule has 0 atom stereocenters. The van der Waals surface area contributed by atoms with Gasteiger partial charge in [-0.05, 0) is 51.2 Å². The molecule has 1 saturated heterocycles. The van der Waals surface area contributed by atoms with Gasteiger partial charge < -0.3 is 5.32 Å². The maximum atomic E-state index is 13.0. The number of carbonyl (C=O) groups is 1. The molecule has 1 aromatic rings. The van der Waals surface area contributed by atoms with Gasteiger partial charge in [-0.25, -0.2) is 8.42 Å². The minimum absolute atomic E-state index is 0.0731. The normalized spacial score (nSPS) is 21.1. The van der Waals surface area contributed by atoms with Crippen LogP contribution in [0.5, 0.6) is 0 Å². The van der Waals surface area contributed by atoms with Gasteiger partial charge in [0.1, 0.15) is 0 Å². The highest BCUT2D eigenvalue weighted by molar-refractivity contribution is 7.89. The number of aryl methyl sites for hydroxylation is 2. The summed E-state index contributed by atoms with van der Waals surface area (Å²) in [7, 11) is -3.49. The summed E-state index contributed by atoms with van der Waals surface area (Å²) in [5.41, 5.74) is 1.84. The zero-order valence-corrected chi connectivity index (χ0v) is 18.1. The smallest absolute Gasteiger partial charge is 0.243 e. The summed E-state index contributed by atoms with van der Waals surface area (Å²) in [5.74, 6) is 0.0464. The van der Waals surface area contributed by atoms with E-state index in [1.807, 2.05) is 26.0 Å². The van der Waals surface area contributed by atoms with E-state index in [4.69, 9.17) is 0 Å². The monoisotopic (exact) mass is 406 g/mol. The minimum Gasteiger partial charge on any atom is -0.353 e. The van der Waals surface area contributed by atoms with Crippen molar-refractivity contribution in [2.75, 3.05) is 13.1 Å². The van der Waals surface area contributed by atoms with Crippen molar-refractivity contribution in [1.82, 2.24) is 9.62 Å². The summed E-state index contributed by atoms with van der Waals surface area (Å²) in [6.45, 7) is 4.63. The van der Waals surface area contributed by atoms with E-state index in [1.54, 1.807) is 10.4 Å². The van der Waals surface area contributed by atoms with E-state index in [0.717, 1.165) is 24.0 Å².